The summed E-state index contributed by atoms with van der Waals surface area (Å²) in [5, 5.41) is 2.86. The molecule has 5 rings (SSSR count). The van der Waals surface area contributed by atoms with Crippen LogP contribution in [0.3, 0.4) is 0 Å². The molecule has 3 aromatic rings. The second-order valence-electron chi connectivity index (χ2n) is 12.1. The van der Waals surface area contributed by atoms with Crippen LogP contribution in [0.25, 0.3) is 11.3 Å². The first-order valence-corrected chi connectivity index (χ1v) is 17.1. The molecule has 2 aliphatic heterocycles. The smallest absolute Gasteiger partial charge is 0.417 e. The number of rotatable bonds is 12. The second kappa shape index (κ2) is 15.6. The second-order valence-corrected chi connectivity index (χ2v) is 13.6. The molecule has 2 aliphatic rings. The fourth-order valence-electron chi connectivity index (χ4n) is 6.32. The van der Waals surface area contributed by atoms with E-state index in [2.05, 4.69) is 43.9 Å². The van der Waals surface area contributed by atoms with Crippen molar-refractivity contribution in [1.29, 1.82) is 0 Å². The summed E-state index contributed by atoms with van der Waals surface area (Å²) in [5.74, 6) is -0.958. The molecule has 0 amide bonds. The number of hydrogen-bond acceptors (Lipinski definition) is 11. The fraction of sp³-hybridized carbons (Fsp3) is 0.562. The van der Waals surface area contributed by atoms with Gasteiger partial charge in [-0.1, -0.05) is 29.0 Å². The van der Waals surface area contributed by atoms with Crippen LogP contribution in [0.15, 0.2) is 24.5 Å². The van der Waals surface area contributed by atoms with Crippen LogP contribution in [0, 0.1) is 5.82 Å². The number of nitrogens with one attached hydrogen (secondary N) is 1. The molecule has 1 N–H and O–H groups in total. The lowest BCUT2D eigenvalue weighted by Crippen LogP contribution is -2.55. The molecule has 0 radical (unpaired) electrons. The Morgan fingerprint density at radius 2 is 1.92 bits per heavy atom. The summed E-state index contributed by atoms with van der Waals surface area (Å²) in [6, 6.07) is 4.20. The third-order valence-corrected chi connectivity index (χ3v) is 10.2. The maximum absolute atomic E-state index is 16.1. The lowest BCUT2D eigenvalue weighted by atomic mass is 10.1. The van der Waals surface area contributed by atoms with Gasteiger partial charge < -0.3 is 19.7 Å². The van der Waals surface area contributed by atoms with Crippen LogP contribution in [0.2, 0.25) is 5.02 Å². The van der Waals surface area contributed by atoms with Gasteiger partial charge in [0.1, 0.15) is 6.33 Å². The van der Waals surface area contributed by atoms with Crippen LogP contribution >= 0.6 is 22.9 Å². The van der Waals surface area contributed by atoms with Gasteiger partial charge in [-0.15, -0.1) is 0 Å². The van der Waals surface area contributed by atoms with E-state index in [-0.39, 0.29) is 52.8 Å². The minimum atomic E-state index is -4.64. The number of hydrogen-bond donors (Lipinski definition) is 1. The zero-order valence-electron chi connectivity index (χ0n) is 27.3. The zero-order chi connectivity index (χ0) is 34.6. The van der Waals surface area contributed by atoms with E-state index in [9.17, 15) is 18.0 Å². The lowest BCUT2D eigenvalue weighted by molar-refractivity contribution is -0.143. The highest BCUT2D eigenvalue weighted by Crippen LogP contribution is 2.41. The number of likely N-dealkylation sites (tertiary alicyclic amines) is 1. The zero-order valence-corrected chi connectivity index (χ0v) is 28.9. The summed E-state index contributed by atoms with van der Waals surface area (Å²) in [4.78, 5) is 32.0. The molecular weight excluding hydrogens is 674 g/mol. The van der Waals surface area contributed by atoms with Gasteiger partial charge in [-0.05, 0) is 45.7 Å². The van der Waals surface area contributed by atoms with Crippen LogP contribution in [0.5, 0.6) is 0 Å². The number of carbonyl (C=O) groups is 1. The Hall–Kier alpha value is -3.11. The van der Waals surface area contributed by atoms with Crippen molar-refractivity contribution in [3.05, 3.63) is 45.8 Å². The molecule has 1 aromatic carbocycles. The van der Waals surface area contributed by atoms with Crippen molar-refractivity contribution in [1.82, 2.24) is 24.8 Å². The predicted octanol–water partition coefficient (Wildman–Crippen LogP) is 6.62. The van der Waals surface area contributed by atoms with Gasteiger partial charge in [-0.3, -0.25) is 14.6 Å². The van der Waals surface area contributed by atoms with Crippen molar-refractivity contribution in [2.45, 2.75) is 70.9 Å². The Morgan fingerprint density at radius 1 is 1.17 bits per heavy atom. The lowest BCUT2D eigenvalue weighted by Gasteiger charge is -2.41. The Bertz CT molecular complexity index is 1570. The van der Waals surface area contributed by atoms with Crippen molar-refractivity contribution < 1.29 is 31.8 Å². The van der Waals surface area contributed by atoms with E-state index in [0.717, 1.165) is 23.8 Å². The maximum atomic E-state index is 16.1. The van der Waals surface area contributed by atoms with Gasteiger partial charge >= 0.3 is 12.1 Å². The summed E-state index contributed by atoms with van der Waals surface area (Å²) in [6.45, 7) is 9.07. The molecule has 4 heterocycles. The largest absolute Gasteiger partial charge is 0.466 e. The predicted molar refractivity (Wildman–Crippen MR) is 177 cm³/mol. The normalized spacial score (nSPS) is 20.8. The monoisotopic (exact) mass is 713 g/mol. The molecule has 16 heteroatoms. The first kappa shape index (κ1) is 36.2. The first-order valence-electron chi connectivity index (χ1n) is 15.9. The van der Waals surface area contributed by atoms with E-state index >= 15 is 4.39 Å². The van der Waals surface area contributed by atoms with E-state index in [1.165, 1.54) is 29.8 Å². The molecule has 10 nitrogen and oxygen atoms in total. The van der Waals surface area contributed by atoms with Gasteiger partial charge in [0.2, 0.25) is 5.82 Å². The van der Waals surface area contributed by atoms with Gasteiger partial charge in [0, 0.05) is 62.4 Å². The van der Waals surface area contributed by atoms with Gasteiger partial charge in [0.15, 0.2) is 16.8 Å². The number of carbonyl (C=O) groups excluding carboxylic acids is 1. The number of aromatic nitrogens is 3. The molecule has 2 fully saturated rings. The first-order chi connectivity index (χ1) is 22.9. The van der Waals surface area contributed by atoms with Crippen LogP contribution in [0.4, 0.5) is 34.3 Å². The highest BCUT2D eigenvalue weighted by Gasteiger charge is 2.35. The van der Waals surface area contributed by atoms with E-state index < -0.39 is 22.6 Å². The van der Waals surface area contributed by atoms with Crippen LogP contribution in [-0.2, 0) is 27.0 Å². The summed E-state index contributed by atoms with van der Waals surface area (Å²) >= 11 is 7.17. The van der Waals surface area contributed by atoms with Gasteiger partial charge in [-0.2, -0.15) is 17.6 Å². The van der Waals surface area contributed by atoms with E-state index in [1.54, 1.807) is 14.0 Å². The molecule has 48 heavy (non-hydrogen) atoms. The molecule has 3 atom stereocenters. The number of ether oxygens (including phenoxy) is 2. The quantitative estimate of drug-likeness (QED) is 0.163. The van der Waals surface area contributed by atoms with Crippen molar-refractivity contribution in [3.63, 3.8) is 0 Å². The number of benzene rings is 1. The van der Waals surface area contributed by atoms with Crippen LogP contribution in [-0.4, -0.2) is 95.3 Å². The number of methoxy groups -OCH3 is 1. The van der Waals surface area contributed by atoms with E-state index in [4.69, 9.17) is 21.1 Å². The summed E-state index contributed by atoms with van der Waals surface area (Å²) in [5.41, 5.74) is -0.316. The highest BCUT2D eigenvalue weighted by atomic mass is 35.5. The van der Waals surface area contributed by atoms with Crippen LogP contribution in [0.1, 0.15) is 50.5 Å². The van der Waals surface area contributed by atoms with Gasteiger partial charge in [0.05, 0.1) is 42.0 Å². The molecule has 0 aliphatic carbocycles. The van der Waals surface area contributed by atoms with Gasteiger partial charge in [-0.25, -0.2) is 15.0 Å². The molecule has 0 saturated carbocycles. The number of piperazine rings is 1. The Morgan fingerprint density at radius 3 is 2.60 bits per heavy atom. The minimum absolute atomic E-state index is 0.0999. The summed E-state index contributed by atoms with van der Waals surface area (Å²) in [6.07, 6.45) is -1.11. The molecule has 2 saturated heterocycles. The SMILES string of the molecule is CCOC(=O)CCN1CCN(c2ncnc(Nc3nc(-c4ccc(Cl)c(C(F)(F)F)c4)c(CN4[C@H](C)CC[C@H]4C)s3)c2F)C[C@H]1COC. The van der Waals surface area contributed by atoms with Crippen LogP contribution < -0.4 is 10.2 Å². The number of anilines is 3. The molecule has 0 unspecified atom stereocenters. The number of nitrogens with zero attached hydrogens (tertiary/aromatic N) is 6. The summed E-state index contributed by atoms with van der Waals surface area (Å²) in [7, 11) is 1.59. The fourth-order valence-corrected chi connectivity index (χ4v) is 7.54. The molecule has 262 valence electrons. The molecule has 0 spiro atoms. The highest BCUT2D eigenvalue weighted by molar-refractivity contribution is 7.16. The number of halogens is 5. The third kappa shape index (κ3) is 8.36. The summed E-state index contributed by atoms with van der Waals surface area (Å²) < 4.78 is 67.9. The Balaban J connectivity index is 1.40. The minimum Gasteiger partial charge on any atom is -0.466 e. The van der Waals surface area contributed by atoms with Gasteiger partial charge in [0.25, 0.3) is 0 Å². The Labute approximate surface area is 286 Å². The number of thiazole rings is 1. The number of alkyl halides is 3. The van der Waals surface area contributed by atoms with Crippen molar-refractivity contribution in [3.8, 4) is 11.3 Å². The molecule has 2 aromatic heterocycles. The van der Waals surface area contributed by atoms with E-state index in [0.29, 0.717) is 51.6 Å². The maximum Gasteiger partial charge on any atom is 0.417 e. The molecule has 0 bridgehead atoms. The Kier molecular flexibility index (Phi) is 11.8. The standard InChI is InChI=1S/C32H40ClF4N7O3S/c1-5-47-26(45)10-11-42-12-13-43(15-22(42)17-46-4)30-27(34)29(38-18-39-30)41-31-40-28(21-8-9-24(33)23(14-21)32(35,36)37)25(48-31)16-44-19(2)6-7-20(44)3/h8-9,14,18-20,22H,5-7,10-13,15-17H2,1-4H3,(H,38,39,40,41)/t19-,20-,22+/m1/s1. The van der Waals surface area contributed by atoms with Crippen molar-refractivity contribution in [2.75, 3.05) is 56.7 Å². The number of esters is 1. The average Bonchev–Trinajstić information content (AvgIpc) is 3.59. The van der Waals surface area contributed by atoms with Crippen molar-refractivity contribution in [2.24, 2.45) is 0 Å². The third-order valence-electron chi connectivity index (χ3n) is 8.87. The van der Waals surface area contributed by atoms with Crippen molar-refractivity contribution >= 4 is 45.7 Å². The topological polar surface area (TPSA) is 96.0 Å². The van der Waals surface area contributed by atoms with E-state index in [1.807, 2.05) is 4.90 Å². The average molecular weight is 714 g/mol. The molecular formula is C32H40ClF4N7O3S.